The molecule has 5 heteroatoms. The van der Waals surface area contributed by atoms with Crippen molar-refractivity contribution in [2.45, 2.75) is 25.8 Å². The first kappa shape index (κ1) is 15.8. The number of fused-ring (bicyclic) bond motifs is 1. The highest BCUT2D eigenvalue weighted by Crippen LogP contribution is 2.25. The van der Waals surface area contributed by atoms with Crippen LogP contribution in [0.1, 0.15) is 19.3 Å². The number of likely N-dealkylation sites (tertiary alicyclic amines) is 1. The number of amides is 1. The largest absolute Gasteiger partial charge is 0.341 e. The lowest BCUT2D eigenvalue weighted by molar-refractivity contribution is -0.132. The van der Waals surface area contributed by atoms with Gasteiger partial charge >= 0.3 is 0 Å². The molecule has 1 amide bonds. The van der Waals surface area contributed by atoms with Crippen LogP contribution < -0.4 is 0 Å². The number of nitrogens with zero attached hydrogens (tertiary/aromatic N) is 3. The van der Waals surface area contributed by atoms with Crippen LogP contribution in [0.3, 0.4) is 0 Å². The Morgan fingerprint density at radius 1 is 1.00 bits per heavy atom. The highest BCUT2D eigenvalue weighted by Gasteiger charge is 2.20. The molecule has 0 atom stereocenters. The molecule has 1 aliphatic rings. The van der Waals surface area contributed by atoms with Crippen LogP contribution in [0.5, 0.6) is 0 Å². The summed E-state index contributed by atoms with van der Waals surface area (Å²) in [5.41, 5.74) is 2.57. The van der Waals surface area contributed by atoms with E-state index in [1.54, 1.807) is 12.1 Å². The third kappa shape index (κ3) is 3.14. The minimum atomic E-state index is -0.282. The smallest absolute Gasteiger partial charge is 0.242 e. The number of imidazole rings is 1. The van der Waals surface area contributed by atoms with E-state index < -0.39 is 0 Å². The van der Waals surface area contributed by atoms with Gasteiger partial charge in [0.2, 0.25) is 5.91 Å². The molecule has 0 N–H and O–H groups in total. The molecule has 3 aromatic rings. The molecule has 4 rings (SSSR count). The lowest BCUT2D eigenvalue weighted by Crippen LogP contribution is -2.37. The lowest BCUT2D eigenvalue weighted by Gasteiger charge is -2.27. The van der Waals surface area contributed by atoms with E-state index in [1.807, 2.05) is 33.7 Å². The van der Waals surface area contributed by atoms with Crippen LogP contribution >= 0.6 is 0 Å². The molecule has 25 heavy (non-hydrogen) atoms. The van der Waals surface area contributed by atoms with Gasteiger partial charge < -0.3 is 9.47 Å². The topological polar surface area (TPSA) is 38.1 Å². The maximum absolute atomic E-state index is 13.3. The SMILES string of the molecule is O=C(Cn1c(-c2ccc(F)cc2)nc2ccccc21)N1CCCCC1. The molecule has 0 radical (unpaired) electrons. The summed E-state index contributed by atoms with van der Waals surface area (Å²) in [6, 6.07) is 14.0. The van der Waals surface area contributed by atoms with Crippen LogP contribution in [-0.4, -0.2) is 33.4 Å². The molecule has 0 spiro atoms. The Bertz CT molecular complexity index is 895. The van der Waals surface area contributed by atoms with E-state index in [1.165, 1.54) is 18.6 Å². The number of hydrogen-bond donors (Lipinski definition) is 0. The molecule has 128 valence electrons. The number of benzene rings is 2. The van der Waals surface area contributed by atoms with Gasteiger partial charge in [-0.3, -0.25) is 4.79 Å². The van der Waals surface area contributed by atoms with Gasteiger partial charge in [-0.25, -0.2) is 9.37 Å². The number of piperidine rings is 1. The van der Waals surface area contributed by atoms with Crippen molar-refractivity contribution in [1.82, 2.24) is 14.5 Å². The highest BCUT2D eigenvalue weighted by atomic mass is 19.1. The quantitative estimate of drug-likeness (QED) is 0.728. The Hall–Kier alpha value is -2.69. The van der Waals surface area contributed by atoms with Crippen molar-refractivity contribution >= 4 is 16.9 Å². The van der Waals surface area contributed by atoms with Gasteiger partial charge in [0.1, 0.15) is 18.2 Å². The van der Waals surface area contributed by atoms with Gasteiger partial charge in [0.15, 0.2) is 0 Å². The molecule has 0 saturated carbocycles. The number of carbonyl (C=O) groups excluding carboxylic acids is 1. The Morgan fingerprint density at radius 3 is 2.48 bits per heavy atom. The molecule has 4 nitrogen and oxygen atoms in total. The van der Waals surface area contributed by atoms with Crippen molar-refractivity contribution in [3.8, 4) is 11.4 Å². The molecular weight excluding hydrogens is 317 g/mol. The molecule has 2 aromatic carbocycles. The van der Waals surface area contributed by atoms with Crippen LogP contribution in [0, 0.1) is 5.82 Å². The summed E-state index contributed by atoms with van der Waals surface area (Å²) in [7, 11) is 0. The fourth-order valence-corrected chi connectivity index (χ4v) is 3.43. The van der Waals surface area contributed by atoms with Crippen LogP contribution in [-0.2, 0) is 11.3 Å². The second-order valence-corrected chi connectivity index (χ2v) is 6.46. The Labute approximate surface area is 145 Å². The van der Waals surface area contributed by atoms with Gasteiger partial charge in [-0.1, -0.05) is 12.1 Å². The van der Waals surface area contributed by atoms with E-state index in [0.29, 0.717) is 5.82 Å². The van der Waals surface area contributed by atoms with Crippen molar-refractivity contribution in [2.75, 3.05) is 13.1 Å². The van der Waals surface area contributed by atoms with Crippen molar-refractivity contribution < 1.29 is 9.18 Å². The summed E-state index contributed by atoms with van der Waals surface area (Å²) in [5.74, 6) is 0.536. The molecule has 0 unspecified atom stereocenters. The van der Waals surface area contributed by atoms with E-state index in [9.17, 15) is 9.18 Å². The van der Waals surface area contributed by atoms with Crippen LogP contribution in [0.25, 0.3) is 22.4 Å². The minimum absolute atomic E-state index is 0.117. The zero-order chi connectivity index (χ0) is 17.2. The maximum Gasteiger partial charge on any atom is 0.242 e. The van der Waals surface area contributed by atoms with Gasteiger partial charge in [0.25, 0.3) is 0 Å². The Balaban J connectivity index is 1.74. The van der Waals surface area contributed by atoms with Crippen LogP contribution in [0.15, 0.2) is 48.5 Å². The monoisotopic (exact) mass is 337 g/mol. The molecule has 1 aromatic heterocycles. The summed E-state index contributed by atoms with van der Waals surface area (Å²) >= 11 is 0. The predicted molar refractivity (Wildman–Crippen MR) is 95.6 cm³/mol. The second-order valence-electron chi connectivity index (χ2n) is 6.46. The molecule has 1 saturated heterocycles. The number of hydrogen-bond acceptors (Lipinski definition) is 2. The first-order valence-corrected chi connectivity index (χ1v) is 8.71. The first-order valence-electron chi connectivity index (χ1n) is 8.71. The molecule has 1 aliphatic heterocycles. The zero-order valence-corrected chi connectivity index (χ0v) is 14.0. The average molecular weight is 337 g/mol. The van der Waals surface area contributed by atoms with Gasteiger partial charge in [-0.2, -0.15) is 0 Å². The second kappa shape index (κ2) is 6.67. The maximum atomic E-state index is 13.3. The van der Waals surface area contributed by atoms with E-state index in [0.717, 1.165) is 42.5 Å². The first-order chi connectivity index (χ1) is 12.2. The van der Waals surface area contributed by atoms with E-state index in [4.69, 9.17) is 0 Å². The molecule has 0 aliphatic carbocycles. The minimum Gasteiger partial charge on any atom is -0.341 e. The third-order valence-electron chi connectivity index (χ3n) is 4.76. The molecule has 0 bridgehead atoms. The predicted octanol–water partition coefficient (Wildman–Crippen LogP) is 3.85. The van der Waals surface area contributed by atoms with Gasteiger partial charge in [0, 0.05) is 18.7 Å². The Kier molecular flexibility index (Phi) is 4.22. The van der Waals surface area contributed by atoms with Crippen LogP contribution in [0.2, 0.25) is 0 Å². The molecule has 1 fully saturated rings. The standard InChI is InChI=1S/C20H20FN3O/c21-16-10-8-15(9-11-16)20-22-17-6-2-3-7-18(17)24(20)14-19(25)23-12-4-1-5-13-23/h2-3,6-11H,1,4-5,12-14H2. The van der Waals surface area contributed by atoms with Crippen LogP contribution in [0.4, 0.5) is 4.39 Å². The summed E-state index contributed by atoms with van der Waals surface area (Å²) in [4.78, 5) is 19.4. The summed E-state index contributed by atoms with van der Waals surface area (Å²) in [6.07, 6.45) is 3.33. The number of halogens is 1. The Morgan fingerprint density at radius 2 is 1.72 bits per heavy atom. The molecular formula is C20H20FN3O. The lowest BCUT2D eigenvalue weighted by atomic mass is 10.1. The van der Waals surface area contributed by atoms with Gasteiger partial charge in [0.05, 0.1) is 11.0 Å². The van der Waals surface area contributed by atoms with Crippen molar-refractivity contribution in [3.05, 3.63) is 54.3 Å². The normalized spacial score (nSPS) is 14.8. The number of aromatic nitrogens is 2. The van der Waals surface area contributed by atoms with E-state index >= 15 is 0 Å². The number of para-hydroxylation sites is 2. The zero-order valence-electron chi connectivity index (χ0n) is 14.0. The van der Waals surface area contributed by atoms with Crippen molar-refractivity contribution in [3.63, 3.8) is 0 Å². The fraction of sp³-hybridized carbons (Fsp3) is 0.300. The summed E-state index contributed by atoms with van der Waals surface area (Å²) in [6.45, 7) is 1.92. The van der Waals surface area contributed by atoms with Crippen molar-refractivity contribution in [1.29, 1.82) is 0 Å². The third-order valence-corrected chi connectivity index (χ3v) is 4.76. The van der Waals surface area contributed by atoms with Gasteiger partial charge in [-0.05, 0) is 55.7 Å². The van der Waals surface area contributed by atoms with E-state index in [2.05, 4.69) is 4.98 Å². The van der Waals surface area contributed by atoms with Crippen molar-refractivity contribution in [2.24, 2.45) is 0 Å². The summed E-state index contributed by atoms with van der Waals surface area (Å²) < 4.78 is 15.2. The van der Waals surface area contributed by atoms with Gasteiger partial charge in [-0.15, -0.1) is 0 Å². The van der Waals surface area contributed by atoms with E-state index in [-0.39, 0.29) is 18.3 Å². The number of rotatable bonds is 3. The fourth-order valence-electron chi connectivity index (χ4n) is 3.43. The highest BCUT2D eigenvalue weighted by molar-refractivity contribution is 5.84. The average Bonchev–Trinajstić information content (AvgIpc) is 3.02. The number of carbonyl (C=O) groups is 1. The summed E-state index contributed by atoms with van der Waals surface area (Å²) in [5, 5.41) is 0. The molecule has 2 heterocycles.